The number of methoxy groups -OCH3 is 1. The highest BCUT2D eigenvalue weighted by Crippen LogP contribution is 2.29. The first-order valence-corrected chi connectivity index (χ1v) is 10.5. The van der Waals surface area contributed by atoms with Crippen molar-refractivity contribution in [3.63, 3.8) is 0 Å². The molecule has 0 radical (unpaired) electrons. The maximum absolute atomic E-state index is 13.2. The highest BCUT2D eigenvalue weighted by Gasteiger charge is 2.26. The van der Waals surface area contributed by atoms with E-state index in [4.69, 9.17) is 4.74 Å². The van der Waals surface area contributed by atoms with E-state index < -0.39 is 0 Å². The molecule has 1 unspecified atom stereocenters. The van der Waals surface area contributed by atoms with Crippen molar-refractivity contribution in [1.29, 1.82) is 0 Å². The summed E-state index contributed by atoms with van der Waals surface area (Å²) in [6.07, 6.45) is 2.45. The molecule has 0 bridgehead atoms. The number of nitrogens with zero attached hydrogens (tertiary/aromatic N) is 4. The van der Waals surface area contributed by atoms with Crippen molar-refractivity contribution < 1.29 is 9.53 Å². The van der Waals surface area contributed by atoms with E-state index in [2.05, 4.69) is 20.6 Å². The summed E-state index contributed by atoms with van der Waals surface area (Å²) in [6, 6.07) is 16.9. The molecule has 8 heteroatoms. The van der Waals surface area contributed by atoms with E-state index in [0.717, 1.165) is 11.3 Å². The summed E-state index contributed by atoms with van der Waals surface area (Å²) in [5.41, 5.74) is 2.01. The van der Waals surface area contributed by atoms with E-state index in [1.807, 2.05) is 66.9 Å². The van der Waals surface area contributed by atoms with Crippen LogP contribution in [0.15, 0.2) is 66.2 Å². The smallest absolute Gasteiger partial charge is 0.274 e. The Kier molecular flexibility index (Phi) is 5.85. The number of carbonyl (C=O) groups excluding carboxylic acids is 1. The first-order chi connectivity index (χ1) is 14.7. The SMILES string of the molecule is CCC(NC(=O)c1nnn(-c2ccccc2OC)c1-c1ccccn1)c1cccs1. The number of hydrogen-bond donors (Lipinski definition) is 1. The number of thiophene rings is 1. The van der Waals surface area contributed by atoms with Gasteiger partial charge < -0.3 is 10.1 Å². The third kappa shape index (κ3) is 3.81. The number of para-hydroxylation sites is 2. The van der Waals surface area contributed by atoms with E-state index in [1.54, 1.807) is 29.3 Å². The molecule has 152 valence electrons. The third-order valence-electron chi connectivity index (χ3n) is 4.71. The van der Waals surface area contributed by atoms with Gasteiger partial charge in [0.05, 0.1) is 18.8 Å². The van der Waals surface area contributed by atoms with E-state index in [1.165, 1.54) is 0 Å². The summed E-state index contributed by atoms with van der Waals surface area (Å²) in [7, 11) is 1.59. The summed E-state index contributed by atoms with van der Waals surface area (Å²) in [5, 5.41) is 13.6. The van der Waals surface area contributed by atoms with Gasteiger partial charge in [-0.25, -0.2) is 4.68 Å². The van der Waals surface area contributed by atoms with Crippen LogP contribution in [-0.4, -0.2) is 33.0 Å². The number of benzene rings is 1. The van der Waals surface area contributed by atoms with Crippen LogP contribution in [0.25, 0.3) is 17.1 Å². The zero-order chi connectivity index (χ0) is 20.9. The number of pyridine rings is 1. The van der Waals surface area contributed by atoms with Gasteiger partial charge in [-0.2, -0.15) is 0 Å². The van der Waals surface area contributed by atoms with Crippen LogP contribution in [-0.2, 0) is 0 Å². The normalized spacial score (nSPS) is 11.8. The molecule has 0 aliphatic carbocycles. The number of hydrogen-bond acceptors (Lipinski definition) is 6. The Hall–Kier alpha value is -3.52. The molecule has 3 heterocycles. The first-order valence-electron chi connectivity index (χ1n) is 9.57. The molecule has 1 N–H and O–H groups in total. The molecule has 30 heavy (non-hydrogen) atoms. The summed E-state index contributed by atoms with van der Waals surface area (Å²) in [4.78, 5) is 18.8. The van der Waals surface area contributed by atoms with Gasteiger partial charge in [0.15, 0.2) is 5.69 Å². The van der Waals surface area contributed by atoms with Gasteiger partial charge in [-0.3, -0.25) is 9.78 Å². The summed E-state index contributed by atoms with van der Waals surface area (Å²) >= 11 is 1.62. The number of nitrogens with one attached hydrogen (secondary N) is 1. The number of rotatable bonds is 7. The molecule has 0 saturated carbocycles. The van der Waals surface area contributed by atoms with Gasteiger partial charge in [0, 0.05) is 11.1 Å². The Bertz CT molecular complexity index is 1130. The van der Waals surface area contributed by atoms with Crippen LogP contribution in [0.4, 0.5) is 0 Å². The van der Waals surface area contributed by atoms with Gasteiger partial charge in [0.25, 0.3) is 5.91 Å². The third-order valence-corrected chi connectivity index (χ3v) is 5.69. The maximum atomic E-state index is 13.2. The molecular weight excluding hydrogens is 398 g/mol. The lowest BCUT2D eigenvalue weighted by atomic mass is 10.1. The monoisotopic (exact) mass is 419 g/mol. The van der Waals surface area contributed by atoms with Crippen molar-refractivity contribution in [3.05, 3.63) is 76.7 Å². The summed E-state index contributed by atoms with van der Waals surface area (Å²) in [6.45, 7) is 2.04. The Morgan fingerprint density at radius 1 is 1.17 bits per heavy atom. The van der Waals surface area contributed by atoms with Crippen molar-refractivity contribution in [2.24, 2.45) is 0 Å². The van der Waals surface area contributed by atoms with Crippen molar-refractivity contribution in [2.75, 3.05) is 7.11 Å². The molecule has 1 atom stereocenters. The minimum Gasteiger partial charge on any atom is -0.494 e. The maximum Gasteiger partial charge on any atom is 0.274 e. The van der Waals surface area contributed by atoms with E-state index in [9.17, 15) is 4.79 Å². The van der Waals surface area contributed by atoms with Crippen LogP contribution in [0.1, 0.15) is 34.8 Å². The molecule has 1 amide bonds. The van der Waals surface area contributed by atoms with Gasteiger partial charge in [-0.1, -0.05) is 36.4 Å². The lowest BCUT2D eigenvalue weighted by Gasteiger charge is -2.15. The zero-order valence-electron chi connectivity index (χ0n) is 16.6. The van der Waals surface area contributed by atoms with E-state index >= 15 is 0 Å². The van der Waals surface area contributed by atoms with Gasteiger partial charge in [0.1, 0.15) is 17.1 Å². The van der Waals surface area contributed by atoms with Crippen LogP contribution >= 0.6 is 11.3 Å². The Morgan fingerprint density at radius 3 is 2.70 bits per heavy atom. The topological polar surface area (TPSA) is 81.9 Å². The minimum atomic E-state index is -0.294. The van der Waals surface area contributed by atoms with Crippen LogP contribution < -0.4 is 10.1 Å². The average molecular weight is 420 g/mol. The predicted octanol–water partition coefficient (Wildman–Crippen LogP) is 4.28. The van der Waals surface area contributed by atoms with Crippen molar-refractivity contribution >= 4 is 17.2 Å². The Balaban J connectivity index is 1.79. The second-order valence-corrected chi connectivity index (χ2v) is 7.51. The molecule has 0 saturated heterocycles. The molecule has 4 aromatic rings. The second-order valence-electron chi connectivity index (χ2n) is 6.54. The number of aromatic nitrogens is 4. The largest absolute Gasteiger partial charge is 0.494 e. The molecule has 0 spiro atoms. The standard InChI is InChI=1S/C22H21N5O2S/c1-3-15(19-12-8-14-30-19)24-22(28)20-21(16-9-6-7-13-23-16)27(26-25-20)17-10-4-5-11-18(17)29-2/h4-15H,3H2,1-2H3,(H,24,28). The van der Waals surface area contributed by atoms with E-state index in [-0.39, 0.29) is 17.6 Å². The Morgan fingerprint density at radius 2 is 2.00 bits per heavy atom. The fraction of sp³-hybridized carbons (Fsp3) is 0.182. The highest BCUT2D eigenvalue weighted by molar-refractivity contribution is 7.10. The predicted molar refractivity (Wildman–Crippen MR) is 116 cm³/mol. The molecule has 4 rings (SSSR count). The van der Waals surface area contributed by atoms with E-state index in [0.29, 0.717) is 22.8 Å². The van der Waals surface area contributed by atoms with Crippen LogP contribution in [0.5, 0.6) is 5.75 Å². The van der Waals surface area contributed by atoms with Gasteiger partial charge in [-0.05, 0) is 42.1 Å². The zero-order valence-corrected chi connectivity index (χ0v) is 17.5. The van der Waals surface area contributed by atoms with Crippen LogP contribution in [0, 0.1) is 0 Å². The fourth-order valence-electron chi connectivity index (χ4n) is 3.23. The lowest BCUT2D eigenvalue weighted by Crippen LogP contribution is -2.28. The molecule has 7 nitrogen and oxygen atoms in total. The fourth-order valence-corrected chi connectivity index (χ4v) is 4.09. The Labute approximate surface area is 178 Å². The van der Waals surface area contributed by atoms with Gasteiger partial charge in [-0.15, -0.1) is 16.4 Å². The quantitative estimate of drug-likeness (QED) is 0.483. The average Bonchev–Trinajstić information content (AvgIpc) is 3.48. The van der Waals surface area contributed by atoms with Gasteiger partial charge >= 0.3 is 0 Å². The number of carbonyl (C=O) groups is 1. The lowest BCUT2D eigenvalue weighted by molar-refractivity contribution is 0.0932. The molecule has 3 aromatic heterocycles. The molecule has 0 fully saturated rings. The summed E-state index contributed by atoms with van der Waals surface area (Å²) < 4.78 is 7.08. The number of amides is 1. The molecule has 1 aromatic carbocycles. The summed E-state index contributed by atoms with van der Waals surface area (Å²) in [5.74, 6) is 0.327. The van der Waals surface area contributed by atoms with Crippen molar-refractivity contribution in [3.8, 4) is 22.8 Å². The van der Waals surface area contributed by atoms with Crippen molar-refractivity contribution in [1.82, 2.24) is 25.3 Å². The van der Waals surface area contributed by atoms with Gasteiger partial charge in [0.2, 0.25) is 0 Å². The second kappa shape index (κ2) is 8.87. The van der Waals surface area contributed by atoms with Crippen LogP contribution in [0.2, 0.25) is 0 Å². The molecule has 0 aliphatic rings. The highest BCUT2D eigenvalue weighted by atomic mass is 32.1. The number of ether oxygens (including phenoxy) is 1. The minimum absolute atomic E-state index is 0.0921. The molecule has 0 aliphatic heterocycles. The van der Waals surface area contributed by atoms with Crippen LogP contribution in [0.3, 0.4) is 0 Å². The molecular formula is C22H21N5O2S. The first kappa shape index (κ1) is 19.8. The van der Waals surface area contributed by atoms with Crippen molar-refractivity contribution in [2.45, 2.75) is 19.4 Å².